The van der Waals surface area contributed by atoms with Crippen molar-refractivity contribution in [1.29, 1.82) is 0 Å². The Hall–Kier alpha value is -2.87. The monoisotopic (exact) mass is 527 g/mol. The van der Waals surface area contributed by atoms with Crippen LogP contribution in [-0.2, 0) is 32.5 Å². The Morgan fingerprint density at radius 1 is 0.973 bits per heavy atom. The SMILES string of the molecule is CCc1ccccc1N(CC(=O)N(CCc1ccccc1)C(CC)C(=O)NC1CCCCC1)S(C)(=O)=O. The Morgan fingerprint density at radius 3 is 2.24 bits per heavy atom. The van der Waals surface area contributed by atoms with E-state index in [0.29, 0.717) is 31.5 Å². The van der Waals surface area contributed by atoms with Crippen LogP contribution in [0.1, 0.15) is 63.5 Å². The molecule has 0 aliphatic heterocycles. The number of aryl methyl sites for hydroxylation is 1. The Bertz CT molecular complexity index is 1130. The third-order valence-corrected chi connectivity index (χ3v) is 8.27. The molecule has 0 radical (unpaired) electrons. The largest absolute Gasteiger partial charge is 0.352 e. The first kappa shape index (κ1) is 28.7. The third kappa shape index (κ3) is 8.06. The van der Waals surface area contributed by atoms with Crippen LogP contribution in [-0.4, -0.2) is 56.6 Å². The average Bonchev–Trinajstić information content (AvgIpc) is 2.90. The Kier molecular flexibility index (Phi) is 10.6. The normalized spacial score (nSPS) is 15.1. The van der Waals surface area contributed by atoms with E-state index in [0.717, 1.165) is 43.1 Å². The van der Waals surface area contributed by atoms with Crippen molar-refractivity contribution < 1.29 is 18.0 Å². The first-order valence-corrected chi connectivity index (χ1v) is 15.3. The summed E-state index contributed by atoms with van der Waals surface area (Å²) in [5, 5.41) is 3.17. The van der Waals surface area contributed by atoms with E-state index in [9.17, 15) is 18.0 Å². The zero-order valence-corrected chi connectivity index (χ0v) is 23.2. The first-order valence-electron chi connectivity index (χ1n) is 13.4. The molecule has 0 aromatic heterocycles. The smallest absolute Gasteiger partial charge is 0.244 e. The maximum Gasteiger partial charge on any atom is 0.244 e. The molecular weight excluding hydrogens is 486 g/mol. The average molecular weight is 528 g/mol. The van der Waals surface area contributed by atoms with Crippen LogP contribution >= 0.6 is 0 Å². The van der Waals surface area contributed by atoms with Gasteiger partial charge in [0.05, 0.1) is 11.9 Å². The molecule has 8 heteroatoms. The number of benzene rings is 2. The van der Waals surface area contributed by atoms with Crippen molar-refractivity contribution in [3.8, 4) is 0 Å². The molecule has 37 heavy (non-hydrogen) atoms. The molecule has 0 saturated heterocycles. The van der Waals surface area contributed by atoms with E-state index >= 15 is 0 Å². The number of carbonyl (C=O) groups is 2. The van der Waals surface area contributed by atoms with Crippen molar-refractivity contribution in [1.82, 2.24) is 10.2 Å². The molecule has 1 unspecified atom stereocenters. The van der Waals surface area contributed by atoms with Crippen LogP contribution in [0.25, 0.3) is 0 Å². The summed E-state index contributed by atoms with van der Waals surface area (Å²) in [4.78, 5) is 28.8. The summed E-state index contributed by atoms with van der Waals surface area (Å²) in [6, 6.07) is 16.5. The number of hydrogen-bond acceptors (Lipinski definition) is 4. The number of anilines is 1. The van der Waals surface area contributed by atoms with Crippen LogP contribution in [0.3, 0.4) is 0 Å². The molecule has 3 rings (SSSR count). The molecule has 1 aliphatic rings. The van der Waals surface area contributed by atoms with Crippen LogP contribution < -0.4 is 9.62 Å². The number of amides is 2. The fourth-order valence-corrected chi connectivity index (χ4v) is 5.97. The Labute approximate surface area is 222 Å². The van der Waals surface area contributed by atoms with Crippen molar-refractivity contribution in [3.05, 3.63) is 65.7 Å². The summed E-state index contributed by atoms with van der Waals surface area (Å²) in [7, 11) is -3.74. The molecular formula is C29H41N3O4S. The Morgan fingerprint density at radius 2 is 1.62 bits per heavy atom. The highest BCUT2D eigenvalue weighted by atomic mass is 32.2. The minimum atomic E-state index is -3.74. The van der Waals surface area contributed by atoms with Gasteiger partial charge in [-0.05, 0) is 49.3 Å². The molecule has 7 nitrogen and oxygen atoms in total. The van der Waals surface area contributed by atoms with Gasteiger partial charge in [0.1, 0.15) is 12.6 Å². The molecule has 1 saturated carbocycles. The zero-order valence-electron chi connectivity index (χ0n) is 22.4. The van der Waals surface area contributed by atoms with Crippen molar-refractivity contribution in [2.24, 2.45) is 0 Å². The lowest BCUT2D eigenvalue weighted by Gasteiger charge is -2.34. The lowest BCUT2D eigenvalue weighted by Crippen LogP contribution is -2.54. The highest BCUT2D eigenvalue weighted by molar-refractivity contribution is 7.92. The zero-order chi connectivity index (χ0) is 26.8. The maximum absolute atomic E-state index is 13.8. The van der Waals surface area contributed by atoms with Crippen LogP contribution in [0.2, 0.25) is 0 Å². The van der Waals surface area contributed by atoms with Gasteiger partial charge >= 0.3 is 0 Å². The van der Waals surface area contributed by atoms with Gasteiger partial charge in [-0.3, -0.25) is 13.9 Å². The molecule has 2 amide bonds. The molecule has 1 N–H and O–H groups in total. The molecule has 2 aromatic carbocycles. The van der Waals surface area contributed by atoms with Gasteiger partial charge in [0.25, 0.3) is 0 Å². The standard InChI is InChI=1S/C29H41N3O4S/c1-4-24-16-12-13-19-27(24)32(37(3,35)36)22-28(33)31(21-20-23-14-8-6-9-15-23)26(5-2)29(34)30-25-17-10-7-11-18-25/h6,8-9,12-16,19,25-26H,4-5,7,10-11,17-18,20-22H2,1-3H3,(H,30,34). The summed E-state index contributed by atoms with van der Waals surface area (Å²) < 4.78 is 26.9. The van der Waals surface area contributed by atoms with Gasteiger partial charge in [-0.2, -0.15) is 0 Å². The molecule has 2 aromatic rings. The number of carbonyl (C=O) groups excluding carboxylic acids is 2. The number of hydrogen-bond donors (Lipinski definition) is 1. The second kappa shape index (κ2) is 13.6. The van der Waals surface area contributed by atoms with Crippen molar-refractivity contribution in [2.45, 2.75) is 77.3 Å². The summed E-state index contributed by atoms with van der Waals surface area (Å²) in [5.74, 6) is -0.534. The van der Waals surface area contributed by atoms with Gasteiger partial charge in [-0.15, -0.1) is 0 Å². The van der Waals surface area contributed by atoms with E-state index in [1.165, 1.54) is 10.7 Å². The minimum Gasteiger partial charge on any atom is -0.352 e. The van der Waals surface area contributed by atoms with Crippen LogP contribution in [0, 0.1) is 0 Å². The lowest BCUT2D eigenvalue weighted by molar-refractivity contribution is -0.140. The summed E-state index contributed by atoms with van der Waals surface area (Å²) in [5.41, 5.74) is 2.40. The van der Waals surface area contributed by atoms with E-state index in [1.54, 1.807) is 17.0 Å². The quantitative estimate of drug-likeness (QED) is 0.446. The van der Waals surface area contributed by atoms with Gasteiger partial charge in [0.15, 0.2) is 0 Å². The highest BCUT2D eigenvalue weighted by Crippen LogP contribution is 2.24. The molecule has 1 atom stereocenters. The van der Waals surface area contributed by atoms with Crippen LogP contribution in [0.4, 0.5) is 5.69 Å². The van der Waals surface area contributed by atoms with E-state index in [2.05, 4.69) is 5.32 Å². The maximum atomic E-state index is 13.8. The number of nitrogens with zero attached hydrogens (tertiary/aromatic N) is 2. The molecule has 202 valence electrons. The van der Waals surface area contributed by atoms with Gasteiger partial charge in [0.2, 0.25) is 21.8 Å². The summed E-state index contributed by atoms with van der Waals surface area (Å²) in [6.07, 6.45) is 8.06. The van der Waals surface area contributed by atoms with Crippen molar-refractivity contribution in [3.63, 3.8) is 0 Å². The number of nitrogens with one attached hydrogen (secondary N) is 1. The molecule has 0 bridgehead atoms. The second-order valence-electron chi connectivity index (χ2n) is 9.84. The number of sulfonamides is 1. The van der Waals surface area contributed by atoms with E-state index in [4.69, 9.17) is 0 Å². The number of rotatable bonds is 12. The van der Waals surface area contributed by atoms with Gasteiger partial charge in [-0.25, -0.2) is 8.42 Å². The van der Waals surface area contributed by atoms with Crippen LogP contribution in [0.15, 0.2) is 54.6 Å². The molecule has 1 aliphatic carbocycles. The third-order valence-electron chi connectivity index (χ3n) is 7.14. The predicted molar refractivity (Wildman–Crippen MR) is 149 cm³/mol. The molecule has 0 spiro atoms. The van der Waals surface area contributed by atoms with Crippen LogP contribution in [0.5, 0.6) is 0 Å². The van der Waals surface area contributed by atoms with Gasteiger partial charge in [0, 0.05) is 12.6 Å². The van der Waals surface area contributed by atoms with Gasteiger partial charge in [-0.1, -0.05) is 81.6 Å². The highest BCUT2D eigenvalue weighted by Gasteiger charge is 2.32. The predicted octanol–water partition coefficient (Wildman–Crippen LogP) is 4.31. The molecule has 0 heterocycles. The van der Waals surface area contributed by atoms with E-state index in [-0.39, 0.29) is 24.4 Å². The fraction of sp³-hybridized carbons (Fsp3) is 0.517. The topological polar surface area (TPSA) is 86.8 Å². The lowest BCUT2D eigenvalue weighted by atomic mass is 9.95. The summed E-state index contributed by atoms with van der Waals surface area (Å²) in [6.45, 7) is 3.83. The first-order chi connectivity index (χ1) is 17.7. The van der Waals surface area contributed by atoms with E-state index < -0.39 is 16.1 Å². The van der Waals surface area contributed by atoms with Crippen molar-refractivity contribution in [2.75, 3.05) is 23.7 Å². The minimum absolute atomic E-state index is 0.130. The second-order valence-corrected chi connectivity index (χ2v) is 11.7. The summed E-state index contributed by atoms with van der Waals surface area (Å²) >= 11 is 0. The Balaban J connectivity index is 1.88. The van der Waals surface area contributed by atoms with E-state index in [1.807, 2.05) is 56.3 Å². The van der Waals surface area contributed by atoms with Crippen molar-refractivity contribution >= 4 is 27.5 Å². The fourth-order valence-electron chi connectivity index (χ4n) is 5.09. The number of para-hydroxylation sites is 1. The molecule has 1 fully saturated rings. The van der Waals surface area contributed by atoms with Gasteiger partial charge < -0.3 is 10.2 Å².